The van der Waals surface area contributed by atoms with Crippen LogP contribution in [0, 0.1) is 0 Å². The van der Waals surface area contributed by atoms with Gasteiger partial charge in [-0.3, -0.25) is 10.1 Å². The lowest BCUT2D eigenvalue weighted by Gasteiger charge is -2.15. The third-order valence-corrected chi connectivity index (χ3v) is 3.81. The van der Waals surface area contributed by atoms with Crippen molar-refractivity contribution in [1.29, 1.82) is 0 Å². The Bertz CT molecular complexity index is 909. The number of nitrogens with one attached hydrogen (secondary N) is 1. The van der Waals surface area contributed by atoms with Crippen LogP contribution in [0.4, 0.5) is 4.79 Å². The third kappa shape index (κ3) is 4.08. The molecule has 0 bridgehead atoms. The lowest BCUT2D eigenvalue weighted by Crippen LogP contribution is -2.35. The number of nitrogens with two attached hydrogens (primary N) is 1. The molecule has 3 aromatic rings. The number of primary amides is 1. The number of urea groups is 1. The summed E-state index contributed by atoms with van der Waals surface area (Å²) < 4.78 is 5.98. The first-order chi connectivity index (χ1) is 12.6. The molecule has 0 aromatic heterocycles. The first kappa shape index (κ1) is 17.2. The van der Waals surface area contributed by atoms with Gasteiger partial charge in [-0.2, -0.15) is 0 Å². The topological polar surface area (TPSA) is 81.4 Å². The van der Waals surface area contributed by atoms with Gasteiger partial charge in [0, 0.05) is 5.56 Å². The van der Waals surface area contributed by atoms with Gasteiger partial charge in [-0.15, -0.1) is 0 Å². The van der Waals surface area contributed by atoms with Crippen molar-refractivity contribution < 1.29 is 14.3 Å². The van der Waals surface area contributed by atoms with Crippen molar-refractivity contribution in [3.05, 3.63) is 90.0 Å². The average molecular weight is 346 g/mol. The summed E-state index contributed by atoms with van der Waals surface area (Å²) in [6.07, 6.45) is 0. The number of hydrogen-bond acceptors (Lipinski definition) is 3. The van der Waals surface area contributed by atoms with Crippen LogP contribution in [-0.2, 0) is 6.61 Å². The van der Waals surface area contributed by atoms with Crippen LogP contribution >= 0.6 is 0 Å². The van der Waals surface area contributed by atoms with Gasteiger partial charge in [0.05, 0.1) is 5.56 Å². The molecular weight excluding hydrogens is 328 g/mol. The molecule has 0 unspecified atom stereocenters. The number of imide groups is 1. The summed E-state index contributed by atoms with van der Waals surface area (Å²) in [7, 11) is 0. The fourth-order valence-electron chi connectivity index (χ4n) is 2.66. The second-order valence-electron chi connectivity index (χ2n) is 5.64. The molecule has 0 saturated heterocycles. The van der Waals surface area contributed by atoms with Crippen molar-refractivity contribution >= 4 is 11.9 Å². The Morgan fingerprint density at radius 1 is 0.846 bits per heavy atom. The Morgan fingerprint density at radius 2 is 1.50 bits per heavy atom. The largest absolute Gasteiger partial charge is 0.488 e. The quantitative estimate of drug-likeness (QED) is 0.738. The molecule has 0 atom stereocenters. The van der Waals surface area contributed by atoms with E-state index < -0.39 is 11.9 Å². The summed E-state index contributed by atoms with van der Waals surface area (Å²) >= 11 is 0. The number of carbonyl (C=O) groups is 2. The molecule has 5 nitrogen and oxygen atoms in total. The van der Waals surface area contributed by atoms with E-state index in [4.69, 9.17) is 10.5 Å². The van der Waals surface area contributed by atoms with Crippen LogP contribution in [0.3, 0.4) is 0 Å². The van der Waals surface area contributed by atoms with Crippen LogP contribution in [0.15, 0.2) is 78.9 Å². The van der Waals surface area contributed by atoms with Gasteiger partial charge in [0.25, 0.3) is 5.91 Å². The van der Waals surface area contributed by atoms with Crippen molar-refractivity contribution in [2.75, 3.05) is 0 Å². The number of carbonyl (C=O) groups excluding carboxylic acids is 2. The fourth-order valence-corrected chi connectivity index (χ4v) is 2.66. The van der Waals surface area contributed by atoms with Gasteiger partial charge in [-0.1, -0.05) is 66.7 Å². The summed E-state index contributed by atoms with van der Waals surface area (Å²) in [5.41, 5.74) is 7.85. The molecule has 3 N–H and O–H groups in total. The van der Waals surface area contributed by atoms with E-state index in [-0.39, 0.29) is 0 Å². The number of hydrogen-bond donors (Lipinski definition) is 2. The monoisotopic (exact) mass is 346 g/mol. The zero-order valence-corrected chi connectivity index (χ0v) is 14.0. The van der Waals surface area contributed by atoms with E-state index in [1.807, 2.05) is 60.7 Å². The van der Waals surface area contributed by atoms with Gasteiger partial charge >= 0.3 is 6.03 Å². The van der Waals surface area contributed by atoms with Crippen LogP contribution < -0.4 is 15.8 Å². The van der Waals surface area contributed by atoms with Crippen LogP contribution in [0.25, 0.3) is 11.1 Å². The Kier molecular flexibility index (Phi) is 5.29. The van der Waals surface area contributed by atoms with Crippen LogP contribution in [0.2, 0.25) is 0 Å². The minimum absolute atomic E-state index is 0.320. The fraction of sp³-hybridized carbons (Fsp3) is 0.0476. The molecule has 0 aliphatic carbocycles. The SMILES string of the molecule is NC(=O)NC(=O)c1cccc(OCc2ccccc2)c1-c1ccccc1. The highest BCUT2D eigenvalue weighted by molar-refractivity contribution is 6.08. The minimum atomic E-state index is -0.899. The molecule has 0 heterocycles. The third-order valence-electron chi connectivity index (χ3n) is 3.81. The lowest BCUT2D eigenvalue weighted by molar-refractivity contribution is 0.0966. The molecule has 3 aromatic carbocycles. The van der Waals surface area contributed by atoms with E-state index >= 15 is 0 Å². The van der Waals surface area contributed by atoms with Crippen molar-refractivity contribution in [2.45, 2.75) is 6.61 Å². The predicted octanol–water partition coefficient (Wildman–Crippen LogP) is 3.74. The number of ether oxygens (including phenoxy) is 1. The van der Waals surface area contributed by atoms with E-state index in [9.17, 15) is 9.59 Å². The predicted molar refractivity (Wildman–Crippen MR) is 99.7 cm³/mol. The second kappa shape index (κ2) is 7.98. The van der Waals surface area contributed by atoms with Gasteiger partial charge in [0.2, 0.25) is 0 Å². The molecule has 0 fully saturated rings. The maximum atomic E-state index is 12.4. The van der Waals surface area contributed by atoms with Crippen LogP contribution in [-0.4, -0.2) is 11.9 Å². The van der Waals surface area contributed by atoms with Gasteiger partial charge in [-0.05, 0) is 23.3 Å². The first-order valence-electron chi connectivity index (χ1n) is 8.11. The van der Waals surface area contributed by atoms with E-state index in [0.29, 0.717) is 23.5 Å². The Morgan fingerprint density at radius 3 is 2.15 bits per heavy atom. The van der Waals surface area contributed by atoms with E-state index in [2.05, 4.69) is 5.32 Å². The van der Waals surface area contributed by atoms with Crippen molar-refractivity contribution in [3.63, 3.8) is 0 Å². The molecule has 0 radical (unpaired) electrons. The maximum absolute atomic E-state index is 12.4. The minimum Gasteiger partial charge on any atom is -0.488 e. The molecule has 0 spiro atoms. The maximum Gasteiger partial charge on any atom is 0.319 e. The van der Waals surface area contributed by atoms with Crippen molar-refractivity contribution in [3.8, 4) is 16.9 Å². The summed E-state index contributed by atoms with van der Waals surface area (Å²) in [6, 6.07) is 23.4. The zero-order valence-electron chi connectivity index (χ0n) is 14.0. The zero-order chi connectivity index (χ0) is 18.4. The van der Waals surface area contributed by atoms with Crippen LogP contribution in [0.5, 0.6) is 5.75 Å². The summed E-state index contributed by atoms with van der Waals surface area (Å²) in [6.45, 7) is 0.363. The summed E-state index contributed by atoms with van der Waals surface area (Å²) in [5.74, 6) is -0.0151. The van der Waals surface area contributed by atoms with E-state index in [1.54, 1.807) is 18.2 Å². The molecule has 0 aliphatic rings. The normalized spacial score (nSPS) is 10.2. The lowest BCUT2D eigenvalue weighted by atomic mass is 9.98. The first-order valence-corrected chi connectivity index (χ1v) is 8.11. The molecule has 0 aliphatic heterocycles. The van der Waals surface area contributed by atoms with Gasteiger partial charge in [0.1, 0.15) is 12.4 Å². The smallest absolute Gasteiger partial charge is 0.319 e. The highest BCUT2D eigenvalue weighted by atomic mass is 16.5. The Balaban J connectivity index is 2.00. The van der Waals surface area contributed by atoms with E-state index in [0.717, 1.165) is 11.1 Å². The Hall–Kier alpha value is -3.60. The van der Waals surface area contributed by atoms with Crippen LogP contribution in [0.1, 0.15) is 15.9 Å². The number of benzene rings is 3. The van der Waals surface area contributed by atoms with E-state index in [1.165, 1.54) is 0 Å². The molecule has 26 heavy (non-hydrogen) atoms. The summed E-state index contributed by atoms with van der Waals surface area (Å²) in [5, 5.41) is 2.11. The Labute approximate surface area is 151 Å². The number of rotatable bonds is 5. The molecule has 5 heteroatoms. The van der Waals surface area contributed by atoms with Crippen molar-refractivity contribution in [2.24, 2.45) is 5.73 Å². The van der Waals surface area contributed by atoms with Gasteiger partial charge in [0.15, 0.2) is 0 Å². The molecule has 0 saturated carbocycles. The molecule has 3 amide bonds. The standard InChI is InChI=1S/C21H18N2O3/c22-21(25)23-20(24)17-12-7-13-18(19(17)16-10-5-2-6-11-16)26-14-15-8-3-1-4-9-15/h1-13H,14H2,(H3,22,23,24,25). The highest BCUT2D eigenvalue weighted by Crippen LogP contribution is 2.34. The average Bonchev–Trinajstić information content (AvgIpc) is 2.67. The second-order valence-corrected chi connectivity index (χ2v) is 5.64. The summed E-state index contributed by atoms with van der Waals surface area (Å²) in [4.78, 5) is 23.5. The van der Waals surface area contributed by atoms with Crippen molar-refractivity contribution in [1.82, 2.24) is 5.32 Å². The van der Waals surface area contributed by atoms with Gasteiger partial charge < -0.3 is 10.5 Å². The molecule has 3 rings (SSSR count). The molecular formula is C21H18N2O3. The highest BCUT2D eigenvalue weighted by Gasteiger charge is 2.18. The number of amides is 3. The molecule has 130 valence electrons. The van der Waals surface area contributed by atoms with Gasteiger partial charge in [-0.25, -0.2) is 4.79 Å².